The number of hydrogen-bond acceptors (Lipinski definition) is 4. The first kappa shape index (κ1) is 27.5. The van der Waals surface area contributed by atoms with Gasteiger partial charge < -0.3 is 0 Å². The van der Waals surface area contributed by atoms with Crippen molar-refractivity contribution in [2.75, 3.05) is 13.6 Å². The number of unbranched alkanes of at least 4 members (excludes halogenated alkanes) is 9. The average molecular weight is 449 g/mol. The van der Waals surface area contributed by atoms with E-state index in [0.717, 1.165) is 25.8 Å². The van der Waals surface area contributed by atoms with Crippen molar-refractivity contribution in [2.24, 2.45) is 5.92 Å². The zero-order chi connectivity index (χ0) is 23.8. The molecule has 2 aliphatic rings. The van der Waals surface area contributed by atoms with Gasteiger partial charge in [-0.1, -0.05) is 71.1 Å². The van der Waals surface area contributed by atoms with Crippen LogP contribution in [-0.2, 0) is 9.59 Å². The molecule has 0 saturated carbocycles. The summed E-state index contributed by atoms with van der Waals surface area (Å²) in [6.07, 6.45) is 18.4. The fourth-order valence-corrected chi connectivity index (χ4v) is 6.40. The van der Waals surface area contributed by atoms with Gasteiger partial charge in [0.2, 0.25) is 5.78 Å². The van der Waals surface area contributed by atoms with Crippen LogP contribution in [0.25, 0.3) is 0 Å². The molecule has 0 amide bonds. The summed E-state index contributed by atoms with van der Waals surface area (Å²) in [5.74, 6) is 0.355. The summed E-state index contributed by atoms with van der Waals surface area (Å²) in [5.41, 5.74) is 0.186. The number of carbonyl (C=O) groups is 2. The van der Waals surface area contributed by atoms with Crippen molar-refractivity contribution in [3.8, 4) is 0 Å². The summed E-state index contributed by atoms with van der Waals surface area (Å²) in [6.45, 7) is 12.5. The van der Waals surface area contributed by atoms with Crippen LogP contribution in [0, 0.1) is 5.92 Å². The van der Waals surface area contributed by atoms with Gasteiger partial charge in [0.05, 0.1) is 6.04 Å². The Kier molecular flexibility index (Phi) is 10.9. The first-order chi connectivity index (χ1) is 15.1. The van der Waals surface area contributed by atoms with E-state index in [0.29, 0.717) is 18.2 Å². The molecular weight excluding hydrogens is 396 g/mol. The van der Waals surface area contributed by atoms with Crippen LogP contribution in [0.4, 0.5) is 0 Å². The maximum Gasteiger partial charge on any atom is 0.212 e. The van der Waals surface area contributed by atoms with Crippen molar-refractivity contribution in [2.45, 2.75) is 148 Å². The fourth-order valence-electron chi connectivity index (χ4n) is 6.40. The Morgan fingerprint density at radius 3 is 1.88 bits per heavy atom. The highest BCUT2D eigenvalue weighted by Crippen LogP contribution is 2.42. The fraction of sp³-hybridized carbons (Fsp3) is 0.929. The molecule has 0 aromatic carbocycles. The monoisotopic (exact) mass is 448 g/mol. The molecule has 186 valence electrons. The number of ketones is 1. The van der Waals surface area contributed by atoms with Gasteiger partial charge in [0.15, 0.2) is 6.29 Å². The molecule has 0 aromatic heterocycles. The molecule has 4 heteroatoms. The van der Waals surface area contributed by atoms with Gasteiger partial charge in [-0.3, -0.25) is 19.4 Å². The van der Waals surface area contributed by atoms with E-state index in [1.165, 1.54) is 70.6 Å². The highest BCUT2D eigenvalue weighted by molar-refractivity contribution is 6.27. The minimum Gasteiger partial charge on any atom is -0.296 e. The zero-order valence-corrected chi connectivity index (χ0v) is 22.1. The predicted octanol–water partition coefficient (Wildman–Crippen LogP) is 6.41. The van der Waals surface area contributed by atoms with Crippen LogP contribution in [0.3, 0.4) is 0 Å². The molecule has 2 heterocycles. The Hall–Kier alpha value is -0.740. The largest absolute Gasteiger partial charge is 0.296 e. The number of likely N-dealkylation sites (tertiary alicyclic amines) is 2. The maximum atomic E-state index is 12.5. The SMILES string of the molecule is CCCCCCCCCCCCC1CC(C(=O)C=O)N(C2CC(C)(C)N(C)C(C)(C)C2)C1. The van der Waals surface area contributed by atoms with Gasteiger partial charge in [-0.05, 0) is 66.3 Å². The van der Waals surface area contributed by atoms with Crippen LogP contribution in [0.2, 0.25) is 0 Å². The highest BCUT2D eigenvalue weighted by atomic mass is 16.2. The molecule has 2 atom stereocenters. The topological polar surface area (TPSA) is 40.6 Å². The summed E-state index contributed by atoms with van der Waals surface area (Å²) in [5, 5.41) is 0. The molecule has 2 aliphatic heterocycles. The van der Waals surface area contributed by atoms with Gasteiger partial charge in [-0.2, -0.15) is 0 Å². The molecule has 0 aromatic rings. The van der Waals surface area contributed by atoms with Crippen LogP contribution >= 0.6 is 0 Å². The van der Waals surface area contributed by atoms with E-state index >= 15 is 0 Å². The van der Waals surface area contributed by atoms with Crippen LogP contribution in [0.1, 0.15) is 125 Å². The molecule has 0 bridgehead atoms. The van der Waals surface area contributed by atoms with Crippen molar-refractivity contribution >= 4 is 12.1 Å². The minimum atomic E-state index is -0.204. The second-order valence-electron chi connectivity index (χ2n) is 12.1. The van der Waals surface area contributed by atoms with Gasteiger partial charge in [0.1, 0.15) is 0 Å². The van der Waals surface area contributed by atoms with Crippen molar-refractivity contribution < 1.29 is 9.59 Å². The molecule has 0 aliphatic carbocycles. The normalized spacial score (nSPS) is 26.4. The van der Waals surface area contributed by atoms with Crippen LogP contribution in [0.5, 0.6) is 0 Å². The highest BCUT2D eigenvalue weighted by Gasteiger charge is 2.48. The molecule has 4 nitrogen and oxygen atoms in total. The standard InChI is InChI=1S/C28H52N2O2/c1-7-8-9-10-11-12-13-14-15-16-17-23-18-25(26(32)22-31)30(21-23)24-19-27(2,3)29(6)28(4,5)20-24/h22-25H,7-21H2,1-6H3. The van der Waals surface area contributed by atoms with E-state index < -0.39 is 0 Å². The molecule has 0 radical (unpaired) electrons. The van der Waals surface area contributed by atoms with Crippen molar-refractivity contribution in [3.63, 3.8) is 0 Å². The molecule has 0 N–H and O–H groups in total. The first-order valence-electron chi connectivity index (χ1n) is 13.6. The number of rotatable bonds is 14. The summed E-state index contributed by atoms with van der Waals surface area (Å²) in [7, 11) is 2.22. The lowest BCUT2D eigenvalue weighted by Crippen LogP contribution is -2.63. The summed E-state index contributed by atoms with van der Waals surface area (Å²) in [4.78, 5) is 28.8. The molecule has 32 heavy (non-hydrogen) atoms. The zero-order valence-electron chi connectivity index (χ0n) is 22.1. The van der Waals surface area contributed by atoms with Crippen molar-refractivity contribution in [1.82, 2.24) is 9.80 Å². The molecule has 0 spiro atoms. The van der Waals surface area contributed by atoms with Gasteiger partial charge in [0, 0.05) is 23.7 Å². The summed E-state index contributed by atoms with van der Waals surface area (Å²) in [6, 6.07) is 0.184. The van der Waals surface area contributed by atoms with Gasteiger partial charge >= 0.3 is 0 Å². The van der Waals surface area contributed by atoms with E-state index in [-0.39, 0.29) is 22.9 Å². The average Bonchev–Trinajstić information content (AvgIpc) is 3.16. The second kappa shape index (κ2) is 12.6. The Labute approximate surface area is 198 Å². The third-order valence-corrected chi connectivity index (χ3v) is 8.59. The van der Waals surface area contributed by atoms with E-state index in [9.17, 15) is 9.59 Å². The minimum absolute atomic E-state index is 0.0931. The van der Waals surface area contributed by atoms with Crippen molar-refractivity contribution in [1.29, 1.82) is 0 Å². The third-order valence-electron chi connectivity index (χ3n) is 8.59. The smallest absolute Gasteiger partial charge is 0.212 e. The number of nitrogens with zero attached hydrogens (tertiary/aromatic N) is 2. The van der Waals surface area contributed by atoms with E-state index in [4.69, 9.17) is 0 Å². The second-order valence-corrected chi connectivity index (χ2v) is 12.1. The van der Waals surface area contributed by atoms with E-state index in [2.05, 4.69) is 51.5 Å². The van der Waals surface area contributed by atoms with Crippen LogP contribution in [-0.4, -0.2) is 58.6 Å². The summed E-state index contributed by atoms with van der Waals surface area (Å²) < 4.78 is 0. The van der Waals surface area contributed by atoms with E-state index in [1.54, 1.807) is 0 Å². The van der Waals surface area contributed by atoms with Crippen LogP contribution < -0.4 is 0 Å². The lowest BCUT2D eigenvalue weighted by molar-refractivity contribution is -0.134. The summed E-state index contributed by atoms with van der Waals surface area (Å²) >= 11 is 0. The number of hydrogen-bond donors (Lipinski definition) is 0. The Morgan fingerprint density at radius 1 is 0.875 bits per heavy atom. The molecule has 2 fully saturated rings. The number of piperidine rings is 1. The van der Waals surface area contributed by atoms with Gasteiger partial charge in [-0.25, -0.2) is 0 Å². The van der Waals surface area contributed by atoms with Crippen molar-refractivity contribution in [3.05, 3.63) is 0 Å². The van der Waals surface area contributed by atoms with Gasteiger partial charge in [-0.15, -0.1) is 0 Å². The lowest BCUT2D eigenvalue weighted by atomic mass is 9.76. The number of carbonyl (C=O) groups excluding carboxylic acids is 2. The molecular formula is C28H52N2O2. The predicted molar refractivity (Wildman–Crippen MR) is 135 cm³/mol. The quantitative estimate of drug-likeness (QED) is 0.175. The Morgan fingerprint density at radius 2 is 1.38 bits per heavy atom. The van der Waals surface area contributed by atoms with E-state index in [1.807, 2.05) is 0 Å². The number of aldehydes is 1. The third kappa shape index (κ3) is 7.65. The molecule has 2 rings (SSSR count). The Bertz CT molecular complexity index is 568. The van der Waals surface area contributed by atoms with Crippen LogP contribution in [0.15, 0.2) is 0 Å². The molecule has 2 unspecified atom stereocenters. The molecule has 2 saturated heterocycles. The Balaban J connectivity index is 1.81. The maximum absolute atomic E-state index is 12.5. The lowest BCUT2D eigenvalue weighted by Gasteiger charge is -2.55. The number of Topliss-reactive ketones (excluding diaryl/α,β-unsaturated/α-hetero) is 1. The van der Waals surface area contributed by atoms with Gasteiger partial charge in [0.25, 0.3) is 0 Å². The first-order valence-corrected chi connectivity index (χ1v) is 13.6.